The third-order valence-electron chi connectivity index (χ3n) is 7.92. The number of ether oxygens (including phenoxy) is 2. The lowest BCUT2D eigenvalue weighted by molar-refractivity contribution is 0.402. The molecule has 2 aliphatic rings. The molecule has 0 amide bonds. The van der Waals surface area contributed by atoms with Crippen molar-refractivity contribution >= 4 is 23.0 Å². The Morgan fingerprint density at radius 3 is 1.97 bits per heavy atom. The second-order valence-electron chi connectivity index (χ2n) is 10.00. The van der Waals surface area contributed by atoms with Crippen molar-refractivity contribution in [2.24, 2.45) is 0 Å². The van der Waals surface area contributed by atoms with Crippen molar-refractivity contribution in [1.82, 2.24) is 0 Å². The average Bonchev–Trinajstić information content (AvgIpc) is 3.30. The molecule has 1 heterocycles. The summed E-state index contributed by atoms with van der Waals surface area (Å²) in [6.07, 6.45) is 7.46. The molecule has 0 aromatic heterocycles. The Kier molecular flexibility index (Phi) is 6.44. The maximum absolute atomic E-state index is 5.41. The molecule has 186 valence electrons. The van der Waals surface area contributed by atoms with Gasteiger partial charge in [0.2, 0.25) is 0 Å². The van der Waals surface area contributed by atoms with Gasteiger partial charge in [0.05, 0.1) is 14.2 Å². The monoisotopic (exact) mass is 487 g/mol. The van der Waals surface area contributed by atoms with E-state index < -0.39 is 0 Å². The molecule has 0 N–H and O–H groups in total. The fourth-order valence-corrected chi connectivity index (χ4v) is 6.10. The van der Waals surface area contributed by atoms with Crippen molar-refractivity contribution in [3.8, 4) is 11.5 Å². The maximum atomic E-state index is 5.41. The van der Waals surface area contributed by atoms with E-state index in [2.05, 4.69) is 83.8 Å². The summed E-state index contributed by atoms with van der Waals surface area (Å²) in [7, 11) is 3.41. The number of hydrogen-bond acceptors (Lipinski definition) is 3. The molecule has 1 aliphatic carbocycles. The largest absolute Gasteiger partial charge is 0.497 e. The normalized spacial score (nSPS) is 18.1. The van der Waals surface area contributed by atoms with Crippen LogP contribution in [0.4, 0.5) is 11.4 Å². The smallest absolute Gasteiger partial charge is 0.118 e. The number of rotatable bonds is 6. The van der Waals surface area contributed by atoms with Gasteiger partial charge in [-0.3, -0.25) is 0 Å². The van der Waals surface area contributed by atoms with Crippen LogP contribution in [0.5, 0.6) is 11.5 Å². The highest BCUT2D eigenvalue weighted by molar-refractivity contribution is 5.92. The molecule has 1 aliphatic heterocycles. The maximum Gasteiger partial charge on any atom is 0.118 e. The van der Waals surface area contributed by atoms with Crippen LogP contribution in [0.3, 0.4) is 0 Å². The molecule has 0 bridgehead atoms. The quantitative estimate of drug-likeness (QED) is 0.255. The Morgan fingerprint density at radius 1 is 0.730 bits per heavy atom. The van der Waals surface area contributed by atoms with Gasteiger partial charge >= 0.3 is 0 Å². The van der Waals surface area contributed by atoms with E-state index in [1.54, 1.807) is 14.2 Å². The van der Waals surface area contributed by atoms with E-state index in [1.165, 1.54) is 53.8 Å². The molecule has 1 fully saturated rings. The lowest BCUT2D eigenvalue weighted by atomic mass is 9.82. The van der Waals surface area contributed by atoms with E-state index in [1.807, 2.05) is 24.3 Å². The zero-order chi connectivity index (χ0) is 25.2. The van der Waals surface area contributed by atoms with Crippen LogP contribution >= 0.6 is 0 Å². The highest BCUT2D eigenvalue weighted by Gasteiger charge is 2.40. The first-order chi connectivity index (χ1) is 18.2. The van der Waals surface area contributed by atoms with Gasteiger partial charge in [-0.1, -0.05) is 61.4 Å². The minimum Gasteiger partial charge on any atom is -0.497 e. The number of anilines is 2. The molecule has 3 heteroatoms. The molecule has 2 atom stereocenters. The minimum absolute atomic E-state index is 0.549. The third-order valence-corrected chi connectivity index (χ3v) is 7.92. The summed E-state index contributed by atoms with van der Waals surface area (Å²) >= 11 is 0. The van der Waals surface area contributed by atoms with Gasteiger partial charge in [0, 0.05) is 23.3 Å². The van der Waals surface area contributed by atoms with E-state index in [4.69, 9.17) is 9.47 Å². The second kappa shape index (κ2) is 10.2. The predicted octanol–water partition coefficient (Wildman–Crippen LogP) is 8.47. The van der Waals surface area contributed by atoms with Crippen molar-refractivity contribution in [1.29, 1.82) is 0 Å². The average molecular weight is 488 g/mol. The van der Waals surface area contributed by atoms with E-state index in [0.29, 0.717) is 12.0 Å². The predicted molar refractivity (Wildman–Crippen MR) is 153 cm³/mol. The highest BCUT2D eigenvalue weighted by atomic mass is 16.5. The van der Waals surface area contributed by atoms with Gasteiger partial charge in [0.15, 0.2) is 0 Å². The first-order valence-corrected chi connectivity index (χ1v) is 13.2. The van der Waals surface area contributed by atoms with Crippen LogP contribution in [0, 0.1) is 0 Å². The summed E-state index contributed by atoms with van der Waals surface area (Å²) in [5, 5.41) is 0. The first kappa shape index (κ1) is 23.4. The van der Waals surface area contributed by atoms with Gasteiger partial charge < -0.3 is 14.4 Å². The van der Waals surface area contributed by atoms with Gasteiger partial charge in [0.25, 0.3) is 0 Å². The molecule has 4 aromatic carbocycles. The van der Waals surface area contributed by atoms with Crippen molar-refractivity contribution in [2.45, 2.75) is 37.6 Å². The number of nitrogens with zero attached hydrogens (tertiary/aromatic N) is 1. The minimum atomic E-state index is 0.549. The number of benzene rings is 4. The second-order valence-corrected chi connectivity index (χ2v) is 10.00. The molecule has 0 saturated heterocycles. The van der Waals surface area contributed by atoms with Crippen LogP contribution in [0.15, 0.2) is 97.1 Å². The van der Waals surface area contributed by atoms with E-state index in [9.17, 15) is 0 Å². The van der Waals surface area contributed by atoms with Crippen molar-refractivity contribution in [3.05, 3.63) is 119 Å². The Balaban J connectivity index is 1.44. The molecule has 6 rings (SSSR count). The Hall–Kier alpha value is -3.98. The molecule has 1 saturated carbocycles. The Morgan fingerprint density at radius 2 is 1.35 bits per heavy atom. The van der Waals surface area contributed by atoms with Gasteiger partial charge in [-0.05, 0) is 95.3 Å². The van der Waals surface area contributed by atoms with Gasteiger partial charge in [0.1, 0.15) is 11.5 Å². The summed E-state index contributed by atoms with van der Waals surface area (Å²) in [5.41, 5.74) is 8.91. The third kappa shape index (κ3) is 4.51. The van der Waals surface area contributed by atoms with Gasteiger partial charge in [-0.15, -0.1) is 0 Å². The Labute approximate surface area is 220 Å². The van der Waals surface area contributed by atoms with Gasteiger partial charge in [-0.25, -0.2) is 0 Å². The summed E-state index contributed by atoms with van der Waals surface area (Å²) in [6.45, 7) is 0. The summed E-state index contributed by atoms with van der Waals surface area (Å²) in [6, 6.07) is 35.2. The van der Waals surface area contributed by atoms with Crippen LogP contribution < -0.4 is 14.4 Å². The molecule has 4 aromatic rings. The van der Waals surface area contributed by atoms with Crippen LogP contribution in [0.25, 0.3) is 11.6 Å². The number of hydrogen-bond donors (Lipinski definition) is 0. The molecular formula is C34H33NO2. The molecule has 0 spiro atoms. The van der Waals surface area contributed by atoms with Crippen LogP contribution in [0.2, 0.25) is 0 Å². The summed E-state index contributed by atoms with van der Waals surface area (Å²) in [5.74, 6) is 2.31. The molecular weight excluding hydrogens is 454 g/mol. The van der Waals surface area contributed by atoms with Crippen molar-refractivity contribution in [2.75, 3.05) is 19.1 Å². The molecule has 3 nitrogen and oxygen atoms in total. The SMILES string of the molecule is COc1ccc(C(=Cc2ccc3c(c2)C2CCCCC2N3c2ccccc2)c2ccc(OC)cc2)cc1. The Bertz CT molecular complexity index is 1340. The number of para-hydroxylation sites is 1. The van der Waals surface area contributed by atoms with Crippen molar-refractivity contribution < 1.29 is 9.47 Å². The highest BCUT2D eigenvalue weighted by Crippen LogP contribution is 2.51. The number of fused-ring (bicyclic) bond motifs is 3. The molecule has 2 unspecified atom stereocenters. The van der Waals surface area contributed by atoms with Gasteiger partial charge in [-0.2, -0.15) is 0 Å². The van der Waals surface area contributed by atoms with Crippen LogP contribution in [-0.2, 0) is 0 Å². The summed E-state index contributed by atoms with van der Waals surface area (Å²) < 4.78 is 10.8. The van der Waals surface area contributed by atoms with Crippen LogP contribution in [-0.4, -0.2) is 20.3 Å². The molecule has 37 heavy (non-hydrogen) atoms. The molecule has 0 radical (unpaired) electrons. The number of methoxy groups -OCH3 is 2. The summed E-state index contributed by atoms with van der Waals surface area (Å²) in [4.78, 5) is 2.60. The standard InChI is InChI=1S/C34H33NO2/c1-36-28-17-13-25(14-18-28)31(26-15-19-29(37-2)20-16-26)22-24-12-21-34-32(23-24)30-10-6-7-11-33(30)35(34)27-8-4-3-5-9-27/h3-5,8-9,12-23,30,33H,6-7,10-11H2,1-2H3. The fourth-order valence-electron chi connectivity index (χ4n) is 6.10. The lowest BCUT2D eigenvalue weighted by Gasteiger charge is -2.33. The van der Waals surface area contributed by atoms with E-state index >= 15 is 0 Å². The van der Waals surface area contributed by atoms with Crippen molar-refractivity contribution in [3.63, 3.8) is 0 Å². The fraction of sp³-hybridized carbons (Fsp3) is 0.235. The van der Waals surface area contributed by atoms with Crippen LogP contribution in [0.1, 0.15) is 53.9 Å². The van der Waals surface area contributed by atoms with E-state index in [-0.39, 0.29) is 0 Å². The van der Waals surface area contributed by atoms with E-state index in [0.717, 1.165) is 22.6 Å². The topological polar surface area (TPSA) is 21.7 Å². The lowest BCUT2D eigenvalue weighted by Crippen LogP contribution is -2.32. The first-order valence-electron chi connectivity index (χ1n) is 13.2. The zero-order valence-electron chi connectivity index (χ0n) is 21.6. The zero-order valence-corrected chi connectivity index (χ0v) is 21.6.